The van der Waals surface area contributed by atoms with Gasteiger partial charge in [-0.1, -0.05) is 0 Å². The number of carboxylic acids is 1. The number of ether oxygens (including phenoxy) is 2. The smallest absolute Gasteiger partial charge is 0.322 e. The van der Waals surface area contributed by atoms with Crippen molar-refractivity contribution in [2.75, 3.05) is 13.2 Å². The van der Waals surface area contributed by atoms with E-state index in [2.05, 4.69) is 5.32 Å². The summed E-state index contributed by atoms with van der Waals surface area (Å²) >= 11 is 0. The van der Waals surface area contributed by atoms with Gasteiger partial charge in [0, 0.05) is 6.92 Å². The lowest BCUT2D eigenvalue weighted by Crippen LogP contribution is -2.64. The summed E-state index contributed by atoms with van der Waals surface area (Å²) in [6.07, 6.45) is -5.27. The van der Waals surface area contributed by atoms with Crippen molar-refractivity contribution < 1.29 is 39.5 Å². The quantitative estimate of drug-likeness (QED) is 0.289. The van der Waals surface area contributed by atoms with Gasteiger partial charge in [0.1, 0.15) is 30.4 Å². The Kier molecular flexibility index (Phi) is 6.45. The minimum atomic E-state index is -1.45. The lowest BCUT2D eigenvalue weighted by Gasteiger charge is -2.42. The van der Waals surface area contributed by atoms with Gasteiger partial charge in [0.25, 0.3) is 0 Å². The third kappa shape index (κ3) is 4.59. The lowest BCUT2D eigenvalue weighted by molar-refractivity contribution is -0.270. The molecule has 0 radical (unpaired) electrons. The van der Waals surface area contributed by atoms with Gasteiger partial charge < -0.3 is 41.0 Å². The Balaban J connectivity index is 2.78. The van der Waals surface area contributed by atoms with Crippen molar-refractivity contribution in [1.29, 1.82) is 0 Å². The molecule has 21 heavy (non-hydrogen) atoms. The second-order valence-electron chi connectivity index (χ2n) is 4.71. The van der Waals surface area contributed by atoms with Crippen LogP contribution in [0.1, 0.15) is 6.92 Å². The molecule has 1 amide bonds. The monoisotopic (exact) mass is 308 g/mol. The van der Waals surface area contributed by atoms with Crippen LogP contribution in [-0.4, -0.2) is 82.2 Å². The average Bonchev–Trinajstić information content (AvgIpc) is 2.42. The molecule has 10 nitrogen and oxygen atoms in total. The molecular formula is C11H20N2O8. The van der Waals surface area contributed by atoms with Gasteiger partial charge in [-0.25, -0.2) is 0 Å². The first-order chi connectivity index (χ1) is 9.77. The zero-order valence-corrected chi connectivity index (χ0v) is 11.4. The summed E-state index contributed by atoms with van der Waals surface area (Å²) in [6, 6.07) is -2.44. The molecule has 122 valence electrons. The topological polar surface area (TPSA) is 172 Å². The minimum absolute atomic E-state index is 0.433. The molecule has 0 aromatic rings. The fraction of sp³-hybridized carbons (Fsp3) is 0.818. The third-order valence-electron chi connectivity index (χ3n) is 3.01. The molecule has 0 aliphatic carbocycles. The number of nitrogens with two attached hydrogens (primary N) is 1. The number of amides is 1. The molecule has 1 aliphatic rings. The second kappa shape index (κ2) is 7.64. The van der Waals surface area contributed by atoms with E-state index in [1.165, 1.54) is 6.92 Å². The van der Waals surface area contributed by atoms with E-state index < -0.39 is 61.8 Å². The van der Waals surface area contributed by atoms with E-state index in [1.807, 2.05) is 0 Å². The molecule has 6 atom stereocenters. The molecule has 7 N–H and O–H groups in total. The van der Waals surface area contributed by atoms with Crippen LogP contribution in [0.5, 0.6) is 0 Å². The van der Waals surface area contributed by atoms with E-state index in [9.17, 15) is 19.8 Å². The molecule has 0 aromatic heterocycles. The Hall–Kier alpha value is -1.30. The Labute approximate surface area is 120 Å². The van der Waals surface area contributed by atoms with Gasteiger partial charge in [-0.15, -0.1) is 0 Å². The highest BCUT2D eigenvalue weighted by Gasteiger charge is 2.45. The summed E-state index contributed by atoms with van der Waals surface area (Å²) in [4.78, 5) is 21.7. The Bertz CT molecular complexity index is 379. The van der Waals surface area contributed by atoms with Crippen molar-refractivity contribution >= 4 is 11.9 Å². The summed E-state index contributed by atoms with van der Waals surface area (Å²) in [5.74, 6) is -1.80. The standard InChI is InChI=1S/C11H20N2O8/c1-4(15)13-7-9(17)8(16)6(2-14)21-11(7)20-3-5(12)10(18)19/h5-9,11,14,16-17H,2-3,12H2,1H3,(H,13,15)(H,18,19)/t5-,6?,7?,8?,9+,11-/m0/s1. The lowest BCUT2D eigenvalue weighted by atomic mass is 9.97. The van der Waals surface area contributed by atoms with Gasteiger partial charge in [-0.05, 0) is 0 Å². The van der Waals surface area contributed by atoms with Crippen molar-refractivity contribution in [2.24, 2.45) is 5.73 Å². The number of carboxylic acid groups (broad SMARTS) is 1. The predicted molar refractivity (Wildman–Crippen MR) is 66.9 cm³/mol. The maximum absolute atomic E-state index is 11.1. The molecule has 0 bridgehead atoms. The highest BCUT2D eigenvalue weighted by molar-refractivity contribution is 5.73. The van der Waals surface area contributed by atoms with E-state index >= 15 is 0 Å². The molecule has 1 rings (SSSR count). The number of hydrogen-bond donors (Lipinski definition) is 6. The van der Waals surface area contributed by atoms with E-state index in [0.29, 0.717) is 0 Å². The third-order valence-corrected chi connectivity index (χ3v) is 3.01. The number of hydrogen-bond acceptors (Lipinski definition) is 8. The highest BCUT2D eigenvalue weighted by Crippen LogP contribution is 2.22. The van der Waals surface area contributed by atoms with Crippen LogP contribution in [0.3, 0.4) is 0 Å². The summed E-state index contributed by atoms with van der Waals surface area (Å²) < 4.78 is 10.4. The van der Waals surface area contributed by atoms with E-state index in [4.69, 9.17) is 25.4 Å². The molecule has 0 aromatic carbocycles. The molecular weight excluding hydrogens is 288 g/mol. The van der Waals surface area contributed by atoms with Gasteiger partial charge in [0.15, 0.2) is 6.29 Å². The first-order valence-electron chi connectivity index (χ1n) is 6.27. The number of aliphatic hydroxyl groups is 3. The molecule has 1 saturated heterocycles. The molecule has 1 fully saturated rings. The molecule has 1 heterocycles. The number of carbonyl (C=O) groups is 2. The van der Waals surface area contributed by atoms with Crippen LogP contribution in [0.15, 0.2) is 0 Å². The molecule has 0 spiro atoms. The van der Waals surface area contributed by atoms with Crippen LogP contribution < -0.4 is 11.1 Å². The Morgan fingerprint density at radius 3 is 2.48 bits per heavy atom. The fourth-order valence-corrected chi connectivity index (χ4v) is 1.88. The zero-order valence-electron chi connectivity index (χ0n) is 11.4. The molecule has 0 saturated carbocycles. The number of rotatable bonds is 6. The first kappa shape index (κ1) is 17.8. The van der Waals surface area contributed by atoms with Crippen molar-refractivity contribution in [3.05, 3.63) is 0 Å². The summed E-state index contributed by atoms with van der Waals surface area (Å²) in [5.41, 5.74) is 5.28. The van der Waals surface area contributed by atoms with Crippen LogP contribution in [0.2, 0.25) is 0 Å². The van der Waals surface area contributed by atoms with Gasteiger partial charge in [-0.3, -0.25) is 9.59 Å². The zero-order chi connectivity index (χ0) is 16.2. The van der Waals surface area contributed by atoms with E-state index in [-0.39, 0.29) is 0 Å². The van der Waals surface area contributed by atoms with Gasteiger partial charge in [-0.2, -0.15) is 0 Å². The predicted octanol–water partition coefficient (Wildman–Crippen LogP) is -3.64. The van der Waals surface area contributed by atoms with Crippen LogP contribution in [0.4, 0.5) is 0 Å². The number of carbonyl (C=O) groups excluding carboxylic acids is 1. The van der Waals surface area contributed by atoms with Crippen LogP contribution >= 0.6 is 0 Å². The van der Waals surface area contributed by atoms with Crippen molar-refractivity contribution in [2.45, 2.75) is 43.6 Å². The largest absolute Gasteiger partial charge is 0.480 e. The number of aliphatic hydroxyl groups excluding tert-OH is 3. The SMILES string of the molecule is CC(=O)NC1[C@@H](OC[C@H](N)C(=O)O)OC(CO)C(O)[C@@H]1O. The Morgan fingerprint density at radius 2 is 2.00 bits per heavy atom. The Morgan fingerprint density at radius 1 is 1.38 bits per heavy atom. The molecule has 1 aliphatic heterocycles. The van der Waals surface area contributed by atoms with Crippen LogP contribution in [0, 0.1) is 0 Å². The molecule has 10 heteroatoms. The normalized spacial score (nSPS) is 34.2. The van der Waals surface area contributed by atoms with Crippen molar-refractivity contribution in [3.63, 3.8) is 0 Å². The fourth-order valence-electron chi connectivity index (χ4n) is 1.88. The van der Waals surface area contributed by atoms with Gasteiger partial charge in [0.2, 0.25) is 5.91 Å². The maximum atomic E-state index is 11.1. The van der Waals surface area contributed by atoms with Gasteiger partial charge in [0.05, 0.1) is 13.2 Å². The summed E-state index contributed by atoms with van der Waals surface area (Å²) in [6.45, 7) is 0.171. The van der Waals surface area contributed by atoms with E-state index in [1.54, 1.807) is 0 Å². The first-order valence-corrected chi connectivity index (χ1v) is 6.27. The minimum Gasteiger partial charge on any atom is -0.480 e. The van der Waals surface area contributed by atoms with Crippen LogP contribution in [0.25, 0.3) is 0 Å². The summed E-state index contributed by atoms with van der Waals surface area (Å²) in [7, 11) is 0. The maximum Gasteiger partial charge on any atom is 0.322 e. The summed E-state index contributed by atoms with van der Waals surface area (Å²) in [5, 5.41) is 39.8. The van der Waals surface area contributed by atoms with E-state index in [0.717, 1.165) is 0 Å². The average molecular weight is 308 g/mol. The number of aliphatic carboxylic acids is 1. The van der Waals surface area contributed by atoms with Gasteiger partial charge >= 0.3 is 5.97 Å². The number of nitrogens with one attached hydrogen (secondary N) is 1. The van der Waals surface area contributed by atoms with Crippen molar-refractivity contribution in [3.8, 4) is 0 Å². The molecule has 3 unspecified atom stereocenters. The van der Waals surface area contributed by atoms with Crippen LogP contribution in [-0.2, 0) is 19.1 Å². The highest BCUT2D eigenvalue weighted by atomic mass is 16.7. The van der Waals surface area contributed by atoms with Crippen molar-refractivity contribution in [1.82, 2.24) is 5.32 Å². The second-order valence-corrected chi connectivity index (χ2v) is 4.71.